The van der Waals surface area contributed by atoms with Gasteiger partial charge in [0.15, 0.2) is 5.13 Å². The molecule has 1 aliphatic rings. The van der Waals surface area contributed by atoms with Crippen LogP contribution < -0.4 is 10.6 Å². The first-order chi connectivity index (χ1) is 11.3. The Hall–Kier alpha value is -2.14. The average molecular weight is 327 g/mol. The number of benzene rings is 1. The average Bonchev–Trinajstić information content (AvgIpc) is 3.25. The molecule has 23 heavy (non-hydrogen) atoms. The molecule has 0 spiro atoms. The van der Waals surface area contributed by atoms with Crippen LogP contribution in [0.4, 0.5) is 10.8 Å². The Labute approximate surface area is 140 Å². The number of rotatable bonds is 6. The summed E-state index contributed by atoms with van der Waals surface area (Å²) in [5.74, 6) is 0.339. The Morgan fingerprint density at radius 1 is 1.30 bits per heavy atom. The van der Waals surface area contributed by atoms with Crippen molar-refractivity contribution in [2.75, 3.05) is 17.2 Å². The molecule has 1 amide bonds. The Balaban J connectivity index is 1.63. The van der Waals surface area contributed by atoms with Crippen LogP contribution in [0.5, 0.6) is 0 Å². The minimum Gasteiger partial charge on any atom is -0.358 e. The number of amides is 1. The zero-order valence-electron chi connectivity index (χ0n) is 13.0. The minimum absolute atomic E-state index is 0.153. The molecular formula is C18H21N3OS. The molecule has 5 heteroatoms. The Morgan fingerprint density at radius 3 is 2.74 bits per heavy atom. The predicted molar refractivity (Wildman–Crippen MR) is 96.8 cm³/mol. The van der Waals surface area contributed by atoms with Crippen molar-refractivity contribution in [3.05, 3.63) is 42.3 Å². The zero-order chi connectivity index (χ0) is 16.1. The first-order valence-corrected chi connectivity index (χ1v) is 8.86. The predicted octanol–water partition coefficient (Wildman–Crippen LogP) is 4.54. The molecule has 1 fully saturated rings. The fourth-order valence-corrected chi connectivity index (χ4v) is 3.53. The van der Waals surface area contributed by atoms with Crippen molar-refractivity contribution in [3.8, 4) is 11.3 Å². The quantitative estimate of drug-likeness (QED) is 0.766. The highest BCUT2D eigenvalue weighted by Gasteiger charge is 2.22. The van der Waals surface area contributed by atoms with E-state index in [2.05, 4.69) is 22.2 Å². The summed E-state index contributed by atoms with van der Waals surface area (Å²) in [5, 5.41) is 9.11. The second-order valence-electron chi connectivity index (χ2n) is 5.76. The van der Waals surface area contributed by atoms with E-state index in [1.54, 1.807) is 11.3 Å². The van der Waals surface area contributed by atoms with Gasteiger partial charge in [0.2, 0.25) is 5.91 Å². The first-order valence-electron chi connectivity index (χ1n) is 7.98. The molecule has 0 unspecified atom stereocenters. The van der Waals surface area contributed by atoms with Crippen LogP contribution in [0.15, 0.2) is 42.3 Å². The molecule has 1 aromatic carbocycles. The molecule has 120 valence electrons. The van der Waals surface area contributed by atoms with Crippen molar-refractivity contribution in [3.63, 3.8) is 0 Å². The van der Waals surface area contributed by atoms with Crippen LogP contribution in [0.1, 0.15) is 25.7 Å². The standard InChI is InChI=1S/C18H21N3OS/c1-2-11-19-18-21-16(12-23-18)13-7-9-15(10-8-13)20-17(22)14-5-3-4-6-14/h2,7-10,12,14H,1,3-6,11H2,(H,19,21)(H,20,22). The van der Waals surface area contributed by atoms with Crippen LogP contribution in [0.2, 0.25) is 0 Å². The van der Waals surface area contributed by atoms with Gasteiger partial charge in [-0.3, -0.25) is 4.79 Å². The van der Waals surface area contributed by atoms with E-state index in [0.717, 1.165) is 34.9 Å². The topological polar surface area (TPSA) is 54.0 Å². The number of carbonyl (C=O) groups is 1. The van der Waals surface area contributed by atoms with Gasteiger partial charge < -0.3 is 10.6 Å². The number of anilines is 2. The molecule has 3 rings (SSSR count). The first kappa shape index (κ1) is 15.7. The summed E-state index contributed by atoms with van der Waals surface area (Å²) in [4.78, 5) is 16.7. The van der Waals surface area contributed by atoms with Gasteiger partial charge in [0.05, 0.1) is 5.69 Å². The molecule has 1 aromatic heterocycles. The Morgan fingerprint density at radius 2 is 2.04 bits per heavy atom. The monoisotopic (exact) mass is 327 g/mol. The van der Waals surface area contributed by atoms with E-state index in [1.165, 1.54) is 12.8 Å². The van der Waals surface area contributed by atoms with Crippen molar-refractivity contribution >= 4 is 28.1 Å². The van der Waals surface area contributed by atoms with Gasteiger partial charge >= 0.3 is 0 Å². The fraction of sp³-hybridized carbons (Fsp3) is 0.333. The maximum atomic E-state index is 12.1. The number of nitrogens with one attached hydrogen (secondary N) is 2. The second-order valence-corrected chi connectivity index (χ2v) is 6.61. The number of hydrogen-bond acceptors (Lipinski definition) is 4. The van der Waals surface area contributed by atoms with Crippen molar-refractivity contribution < 1.29 is 4.79 Å². The lowest BCUT2D eigenvalue weighted by molar-refractivity contribution is -0.119. The highest BCUT2D eigenvalue weighted by atomic mass is 32.1. The number of aromatic nitrogens is 1. The van der Waals surface area contributed by atoms with Crippen molar-refractivity contribution in [2.24, 2.45) is 5.92 Å². The summed E-state index contributed by atoms with van der Waals surface area (Å²) in [6, 6.07) is 7.88. The number of thiazole rings is 1. The third-order valence-electron chi connectivity index (χ3n) is 4.08. The molecule has 1 aliphatic carbocycles. The molecular weight excluding hydrogens is 306 g/mol. The van der Waals surface area contributed by atoms with E-state index in [4.69, 9.17) is 0 Å². The summed E-state index contributed by atoms with van der Waals surface area (Å²) >= 11 is 1.58. The number of hydrogen-bond donors (Lipinski definition) is 2. The summed E-state index contributed by atoms with van der Waals surface area (Å²) in [5.41, 5.74) is 2.84. The molecule has 2 aromatic rings. The largest absolute Gasteiger partial charge is 0.358 e. The minimum atomic E-state index is 0.153. The molecule has 0 saturated heterocycles. The van der Waals surface area contributed by atoms with Gasteiger partial charge in [-0.15, -0.1) is 17.9 Å². The van der Waals surface area contributed by atoms with Crippen LogP contribution in [0, 0.1) is 5.92 Å². The van der Waals surface area contributed by atoms with Gasteiger partial charge in [0.25, 0.3) is 0 Å². The highest BCUT2D eigenvalue weighted by molar-refractivity contribution is 7.14. The van der Waals surface area contributed by atoms with Gasteiger partial charge in [-0.05, 0) is 25.0 Å². The Kier molecular flexibility index (Phi) is 5.08. The maximum Gasteiger partial charge on any atom is 0.227 e. The van der Waals surface area contributed by atoms with Crippen LogP contribution >= 0.6 is 11.3 Å². The normalized spacial score (nSPS) is 14.6. The summed E-state index contributed by atoms with van der Waals surface area (Å²) in [6.45, 7) is 4.39. The van der Waals surface area contributed by atoms with Gasteiger partial charge in [0, 0.05) is 29.1 Å². The fourth-order valence-electron chi connectivity index (χ4n) is 2.80. The van der Waals surface area contributed by atoms with Crippen molar-refractivity contribution in [1.82, 2.24) is 4.98 Å². The molecule has 1 saturated carbocycles. The van der Waals surface area contributed by atoms with Gasteiger partial charge in [-0.2, -0.15) is 0 Å². The number of nitrogens with zero attached hydrogens (tertiary/aromatic N) is 1. The molecule has 0 aliphatic heterocycles. The van der Waals surface area contributed by atoms with Gasteiger partial charge in [0.1, 0.15) is 0 Å². The van der Waals surface area contributed by atoms with E-state index in [-0.39, 0.29) is 11.8 Å². The SMILES string of the molecule is C=CCNc1nc(-c2ccc(NC(=O)C3CCCC3)cc2)cs1. The summed E-state index contributed by atoms with van der Waals surface area (Å²) in [6.07, 6.45) is 6.18. The second kappa shape index (κ2) is 7.42. The van der Waals surface area contributed by atoms with Crippen LogP contribution in [0.25, 0.3) is 11.3 Å². The van der Waals surface area contributed by atoms with Crippen molar-refractivity contribution in [2.45, 2.75) is 25.7 Å². The van der Waals surface area contributed by atoms with Crippen LogP contribution in [-0.2, 0) is 4.79 Å². The molecule has 0 radical (unpaired) electrons. The highest BCUT2D eigenvalue weighted by Crippen LogP contribution is 2.28. The summed E-state index contributed by atoms with van der Waals surface area (Å²) < 4.78 is 0. The molecule has 0 bridgehead atoms. The van der Waals surface area contributed by atoms with Gasteiger partial charge in [-0.25, -0.2) is 4.98 Å². The van der Waals surface area contributed by atoms with E-state index < -0.39 is 0 Å². The van der Waals surface area contributed by atoms with Gasteiger partial charge in [-0.1, -0.05) is 31.1 Å². The molecule has 4 nitrogen and oxygen atoms in total. The van der Waals surface area contributed by atoms with E-state index in [0.29, 0.717) is 6.54 Å². The third kappa shape index (κ3) is 3.99. The lowest BCUT2D eigenvalue weighted by atomic mass is 10.1. The molecule has 1 heterocycles. The lowest BCUT2D eigenvalue weighted by Crippen LogP contribution is -2.20. The van der Waals surface area contributed by atoms with Crippen LogP contribution in [0.3, 0.4) is 0 Å². The molecule has 2 N–H and O–H groups in total. The van der Waals surface area contributed by atoms with E-state index in [1.807, 2.05) is 35.7 Å². The summed E-state index contributed by atoms with van der Waals surface area (Å²) in [7, 11) is 0. The smallest absolute Gasteiger partial charge is 0.227 e. The maximum absolute atomic E-state index is 12.1. The lowest BCUT2D eigenvalue weighted by Gasteiger charge is -2.10. The van der Waals surface area contributed by atoms with E-state index >= 15 is 0 Å². The molecule has 0 atom stereocenters. The Bertz CT molecular complexity index is 672. The number of carbonyl (C=O) groups excluding carboxylic acids is 1. The van der Waals surface area contributed by atoms with Crippen molar-refractivity contribution in [1.29, 1.82) is 0 Å². The third-order valence-corrected chi connectivity index (χ3v) is 4.88. The van der Waals surface area contributed by atoms with E-state index in [9.17, 15) is 4.79 Å². The van der Waals surface area contributed by atoms with Crippen LogP contribution in [-0.4, -0.2) is 17.4 Å². The zero-order valence-corrected chi connectivity index (χ0v) is 13.9.